The molecule has 0 atom stereocenters. The summed E-state index contributed by atoms with van der Waals surface area (Å²) >= 11 is 0. The molecule has 0 aliphatic heterocycles. The van der Waals surface area contributed by atoms with Crippen molar-refractivity contribution in [2.75, 3.05) is 20.6 Å². The van der Waals surface area contributed by atoms with Crippen LogP contribution in [0.15, 0.2) is 0 Å². The second-order valence-corrected chi connectivity index (χ2v) is 9.09. The van der Waals surface area contributed by atoms with Crippen LogP contribution in [0.1, 0.15) is 129 Å². The average molecular weight is 384 g/mol. The van der Waals surface area contributed by atoms with Crippen LogP contribution in [-0.4, -0.2) is 31.1 Å². The summed E-state index contributed by atoms with van der Waals surface area (Å²) in [6.45, 7) is 4.91. The first-order valence-corrected chi connectivity index (χ1v) is 12.1. The van der Waals surface area contributed by atoms with Gasteiger partial charge >= 0.3 is 0 Å². The van der Waals surface area contributed by atoms with Gasteiger partial charge in [0.1, 0.15) is 6.54 Å². The van der Waals surface area contributed by atoms with E-state index in [2.05, 4.69) is 26.4 Å². The first kappa shape index (κ1) is 26.4. The van der Waals surface area contributed by atoms with E-state index >= 15 is 0 Å². The van der Waals surface area contributed by atoms with Gasteiger partial charge < -0.3 is 0 Å². The number of amides is 1. The van der Waals surface area contributed by atoms with Crippen LogP contribution in [0, 0.1) is 0 Å². The van der Waals surface area contributed by atoms with Crippen LogP contribution in [0.5, 0.6) is 0 Å². The fourth-order valence-corrected chi connectivity index (χ4v) is 3.89. The molecule has 1 N–H and O–H groups in total. The predicted octanol–water partition coefficient (Wildman–Crippen LogP) is 7.16. The van der Waals surface area contributed by atoms with Gasteiger partial charge in [-0.25, -0.2) is 10.0 Å². The molecule has 0 radical (unpaired) electrons. The molecule has 0 fully saturated rings. The number of carbonyl (C=O) groups is 1. The summed E-state index contributed by atoms with van der Waals surface area (Å²) in [5.74, 6) is 0.0578. The number of hydrogen-bond acceptors (Lipinski definition) is 1. The normalized spacial score (nSPS) is 11.7. The second kappa shape index (κ2) is 18.8. The van der Waals surface area contributed by atoms with Gasteiger partial charge in [-0.2, -0.15) is 0 Å². The zero-order valence-corrected chi connectivity index (χ0v) is 19.3. The highest BCUT2D eigenvalue weighted by Crippen LogP contribution is 2.14. The summed E-state index contributed by atoms with van der Waals surface area (Å²) in [5, 5.41) is 0. The van der Waals surface area contributed by atoms with Gasteiger partial charge in [-0.1, -0.05) is 110 Å². The largest absolute Gasteiger partial charge is 0.270 e. The minimum absolute atomic E-state index is 0.0578. The number of nitrogens with one attached hydrogen (secondary N) is 1. The topological polar surface area (TPSA) is 29.1 Å². The van der Waals surface area contributed by atoms with E-state index in [0.29, 0.717) is 4.59 Å². The third-order valence-electron chi connectivity index (χ3n) is 5.53. The zero-order valence-electron chi connectivity index (χ0n) is 19.3. The van der Waals surface area contributed by atoms with Crippen molar-refractivity contribution in [2.24, 2.45) is 0 Å². The van der Waals surface area contributed by atoms with Crippen molar-refractivity contribution in [3.8, 4) is 0 Å². The lowest BCUT2D eigenvalue weighted by Gasteiger charge is -2.28. The average Bonchev–Trinajstić information content (AvgIpc) is 2.59. The van der Waals surface area contributed by atoms with E-state index in [1.807, 2.05) is 0 Å². The molecule has 0 spiro atoms. The van der Waals surface area contributed by atoms with Gasteiger partial charge in [-0.05, 0) is 12.8 Å². The minimum atomic E-state index is 0.0578. The minimum Gasteiger partial charge on any atom is -0.270 e. The van der Waals surface area contributed by atoms with Crippen LogP contribution < -0.4 is 5.43 Å². The van der Waals surface area contributed by atoms with Crippen LogP contribution in [0.3, 0.4) is 0 Å². The van der Waals surface area contributed by atoms with Crippen LogP contribution in [0.4, 0.5) is 0 Å². The van der Waals surface area contributed by atoms with E-state index in [4.69, 9.17) is 0 Å². The Morgan fingerprint density at radius 1 is 0.593 bits per heavy atom. The van der Waals surface area contributed by atoms with Crippen LogP contribution in [0.2, 0.25) is 0 Å². The maximum atomic E-state index is 11.1. The molecule has 3 nitrogen and oxygen atoms in total. The van der Waals surface area contributed by atoms with E-state index in [9.17, 15) is 4.79 Å². The molecule has 0 aromatic heterocycles. The molecule has 3 heteroatoms. The number of hydrogen-bond donors (Lipinski definition) is 1. The van der Waals surface area contributed by atoms with E-state index in [0.717, 1.165) is 6.54 Å². The SMILES string of the molecule is CCCCCCCCCCCCCCCCCCCC[N+](C)(C)NC(C)=O. The van der Waals surface area contributed by atoms with Crippen molar-refractivity contribution in [1.29, 1.82) is 0 Å². The van der Waals surface area contributed by atoms with Gasteiger partial charge in [-0.15, -0.1) is 0 Å². The van der Waals surface area contributed by atoms with Crippen molar-refractivity contribution in [2.45, 2.75) is 129 Å². The molecule has 0 aliphatic carbocycles. The standard InChI is InChI=1S/C24H50N2O/c1-5-6-7-8-9-10-11-12-13-14-15-16-17-18-19-20-21-22-23-26(3,4)25-24(2)27/h5-23H2,1-4H3/p+1. The lowest BCUT2D eigenvalue weighted by Crippen LogP contribution is -2.54. The van der Waals surface area contributed by atoms with Gasteiger partial charge in [0.15, 0.2) is 0 Å². The fourth-order valence-electron chi connectivity index (χ4n) is 3.89. The Morgan fingerprint density at radius 3 is 1.19 bits per heavy atom. The molecule has 162 valence electrons. The molecular formula is C24H51N2O+. The molecule has 0 saturated carbocycles. The molecule has 0 unspecified atom stereocenters. The summed E-state index contributed by atoms with van der Waals surface area (Å²) in [4.78, 5) is 11.1. The summed E-state index contributed by atoms with van der Waals surface area (Å²) < 4.78 is 0.605. The van der Waals surface area contributed by atoms with Crippen molar-refractivity contribution >= 4 is 5.91 Å². The lowest BCUT2D eigenvalue weighted by molar-refractivity contribution is -0.925. The monoisotopic (exact) mass is 383 g/mol. The van der Waals surface area contributed by atoms with Crippen molar-refractivity contribution in [3.63, 3.8) is 0 Å². The molecule has 0 aliphatic rings. The van der Waals surface area contributed by atoms with Crippen molar-refractivity contribution in [1.82, 2.24) is 5.43 Å². The first-order valence-electron chi connectivity index (χ1n) is 12.1. The Balaban J connectivity index is 3.16. The third kappa shape index (κ3) is 21.6. The number of rotatable bonds is 20. The van der Waals surface area contributed by atoms with Crippen LogP contribution in [0.25, 0.3) is 0 Å². The smallest absolute Gasteiger partial charge is 0.261 e. The van der Waals surface area contributed by atoms with Gasteiger partial charge in [0.05, 0.1) is 14.1 Å². The molecule has 27 heavy (non-hydrogen) atoms. The Kier molecular flexibility index (Phi) is 18.4. The molecule has 0 aromatic rings. The van der Waals surface area contributed by atoms with Gasteiger partial charge in [0.2, 0.25) is 0 Å². The van der Waals surface area contributed by atoms with Crippen LogP contribution in [-0.2, 0) is 4.79 Å². The second-order valence-electron chi connectivity index (χ2n) is 9.09. The van der Waals surface area contributed by atoms with Crippen molar-refractivity contribution in [3.05, 3.63) is 0 Å². The number of unbranched alkanes of at least 4 members (excludes halogenated alkanes) is 17. The highest BCUT2D eigenvalue weighted by atomic mass is 16.2. The van der Waals surface area contributed by atoms with Gasteiger partial charge in [0.25, 0.3) is 5.91 Å². The highest BCUT2D eigenvalue weighted by Gasteiger charge is 2.15. The summed E-state index contributed by atoms with van der Waals surface area (Å²) in [6.07, 6.45) is 25.4. The molecule has 1 amide bonds. The quantitative estimate of drug-likeness (QED) is 0.135. The Bertz CT molecular complexity index is 328. The zero-order chi connectivity index (χ0) is 20.2. The summed E-state index contributed by atoms with van der Waals surface area (Å²) in [6, 6.07) is 0. The Morgan fingerprint density at radius 2 is 0.889 bits per heavy atom. The predicted molar refractivity (Wildman–Crippen MR) is 120 cm³/mol. The van der Waals surface area contributed by atoms with E-state index < -0.39 is 0 Å². The summed E-state index contributed by atoms with van der Waals surface area (Å²) in [7, 11) is 4.13. The first-order chi connectivity index (χ1) is 13.0. The molecule has 0 heterocycles. The number of quaternary nitrogens is 1. The maximum absolute atomic E-state index is 11.1. The van der Waals surface area contributed by atoms with E-state index in [1.165, 1.54) is 116 Å². The van der Waals surface area contributed by atoms with Crippen LogP contribution >= 0.6 is 0 Å². The number of nitrogens with zero attached hydrogens (tertiary/aromatic N) is 1. The number of carbonyl (C=O) groups excluding carboxylic acids is 1. The maximum Gasteiger partial charge on any atom is 0.261 e. The third-order valence-corrected chi connectivity index (χ3v) is 5.53. The van der Waals surface area contributed by atoms with Gasteiger partial charge in [-0.3, -0.25) is 4.79 Å². The Hall–Kier alpha value is -0.570. The van der Waals surface area contributed by atoms with E-state index in [-0.39, 0.29) is 5.91 Å². The molecular weight excluding hydrogens is 332 g/mol. The van der Waals surface area contributed by atoms with Gasteiger partial charge in [0, 0.05) is 6.92 Å². The molecule has 0 bridgehead atoms. The lowest BCUT2D eigenvalue weighted by atomic mass is 10.0. The Labute approximate surface area is 171 Å². The molecule has 0 aromatic carbocycles. The fraction of sp³-hybridized carbons (Fsp3) is 0.958. The highest BCUT2D eigenvalue weighted by molar-refractivity contribution is 5.71. The molecule has 0 rings (SSSR count). The summed E-state index contributed by atoms with van der Waals surface area (Å²) in [5.41, 5.74) is 2.97. The van der Waals surface area contributed by atoms with Crippen molar-refractivity contribution < 1.29 is 9.39 Å². The van der Waals surface area contributed by atoms with E-state index in [1.54, 1.807) is 6.92 Å². The molecule has 0 saturated heterocycles.